The van der Waals surface area contributed by atoms with Gasteiger partial charge in [-0.05, 0) is 149 Å². The fraction of sp³-hybridized carbons (Fsp3) is 0.810. The van der Waals surface area contributed by atoms with E-state index in [0.717, 1.165) is 113 Å². The summed E-state index contributed by atoms with van der Waals surface area (Å²) in [6.07, 6.45) is 40.7. The molecule has 4 aliphatic carbocycles. The van der Waals surface area contributed by atoms with Gasteiger partial charge in [-0.2, -0.15) is 0 Å². The normalized spacial score (nSPS) is 34.9. The van der Waals surface area contributed by atoms with Gasteiger partial charge in [0.25, 0.3) is 0 Å². The van der Waals surface area contributed by atoms with Crippen LogP contribution in [0.2, 0.25) is 0 Å². The summed E-state index contributed by atoms with van der Waals surface area (Å²) in [7, 11) is 0. The van der Waals surface area contributed by atoms with E-state index in [1.165, 1.54) is 76.2 Å². The summed E-state index contributed by atoms with van der Waals surface area (Å²) in [5.41, 5.74) is 2.11. The smallest absolute Gasteiger partial charge is 0.305 e. The second-order valence-electron chi connectivity index (χ2n) is 22.3. The fourth-order valence-electron chi connectivity index (χ4n) is 13.1. The van der Waals surface area contributed by atoms with E-state index in [2.05, 4.69) is 103 Å². The Labute approximate surface area is 397 Å². The number of rotatable bonds is 27. The Bertz CT molecular complexity index is 1550. The molecule has 3 saturated carbocycles. The largest absolute Gasteiger partial charge is 0.463 e. The zero-order valence-corrected chi connectivity index (χ0v) is 42.4. The SMILES string of the molecule is CC/C=C\C/C=C\C/C=C\C/C=C\CCCCCCCCCCC(=O)OCC1OC(OC2CCC3(C)C(=CCC4C3CCC3(C)C(C(C)CCC(C)C(C)C)CCC43)C2)C(O)C(O)C1O. The van der Waals surface area contributed by atoms with Crippen LogP contribution in [0.5, 0.6) is 0 Å². The highest BCUT2D eigenvalue weighted by Crippen LogP contribution is 2.67. The van der Waals surface area contributed by atoms with E-state index in [1.54, 1.807) is 0 Å². The maximum absolute atomic E-state index is 12.7. The van der Waals surface area contributed by atoms with Crippen molar-refractivity contribution in [3.63, 3.8) is 0 Å². The van der Waals surface area contributed by atoms with Gasteiger partial charge < -0.3 is 29.5 Å². The first kappa shape index (κ1) is 53.9. The monoisotopic (exact) mass is 905 g/mol. The Morgan fingerprint density at radius 1 is 0.754 bits per heavy atom. The number of carbonyl (C=O) groups excluding carboxylic acids is 1. The number of aliphatic hydroxyl groups is 3. The van der Waals surface area contributed by atoms with E-state index in [1.807, 2.05) is 0 Å². The molecule has 1 heterocycles. The van der Waals surface area contributed by atoms with Crippen molar-refractivity contribution in [1.29, 1.82) is 0 Å². The van der Waals surface area contributed by atoms with Crippen molar-refractivity contribution in [3.05, 3.63) is 60.3 Å². The first-order chi connectivity index (χ1) is 31.3. The summed E-state index contributed by atoms with van der Waals surface area (Å²) < 4.78 is 18.1. The number of esters is 1. The second-order valence-corrected chi connectivity index (χ2v) is 22.3. The molecule has 65 heavy (non-hydrogen) atoms. The lowest BCUT2D eigenvalue weighted by Crippen LogP contribution is -2.60. The molecule has 3 N–H and O–H groups in total. The molecule has 14 unspecified atom stereocenters. The van der Waals surface area contributed by atoms with Crippen LogP contribution in [-0.4, -0.2) is 64.7 Å². The van der Waals surface area contributed by atoms with E-state index >= 15 is 0 Å². The Morgan fingerprint density at radius 2 is 1.40 bits per heavy atom. The topological polar surface area (TPSA) is 105 Å². The van der Waals surface area contributed by atoms with Gasteiger partial charge >= 0.3 is 5.97 Å². The molecule has 5 aliphatic rings. The summed E-state index contributed by atoms with van der Waals surface area (Å²) in [6.45, 7) is 16.9. The Balaban J connectivity index is 0.952. The average Bonchev–Trinajstić information content (AvgIpc) is 3.65. The number of ether oxygens (including phenoxy) is 3. The molecular formula is C58H96O7. The number of carbonyl (C=O) groups is 1. The lowest BCUT2D eigenvalue weighted by Gasteiger charge is -2.58. The first-order valence-corrected chi connectivity index (χ1v) is 27.1. The van der Waals surface area contributed by atoms with Gasteiger partial charge in [0.15, 0.2) is 6.29 Å². The lowest BCUT2D eigenvalue weighted by molar-refractivity contribution is -0.313. The third-order valence-electron chi connectivity index (χ3n) is 17.7. The van der Waals surface area contributed by atoms with Gasteiger partial charge in [-0.15, -0.1) is 0 Å². The summed E-state index contributed by atoms with van der Waals surface area (Å²) in [4.78, 5) is 12.7. The number of hydrogen-bond acceptors (Lipinski definition) is 7. The molecule has 5 rings (SSSR count). The van der Waals surface area contributed by atoms with Gasteiger partial charge in [0.2, 0.25) is 0 Å². The van der Waals surface area contributed by atoms with Crippen molar-refractivity contribution in [2.75, 3.05) is 6.61 Å². The van der Waals surface area contributed by atoms with Crippen LogP contribution in [0.4, 0.5) is 0 Å². The van der Waals surface area contributed by atoms with Gasteiger partial charge in [0.05, 0.1) is 6.10 Å². The number of allylic oxidation sites excluding steroid dienone is 9. The van der Waals surface area contributed by atoms with Crippen molar-refractivity contribution >= 4 is 5.97 Å². The highest BCUT2D eigenvalue weighted by molar-refractivity contribution is 5.69. The number of unbranched alkanes of at least 4 members (excludes halogenated alkanes) is 8. The third-order valence-corrected chi connectivity index (χ3v) is 17.7. The van der Waals surface area contributed by atoms with Crippen LogP contribution in [0.1, 0.15) is 203 Å². The molecule has 0 aromatic rings. The van der Waals surface area contributed by atoms with E-state index in [0.29, 0.717) is 17.8 Å². The number of hydrogen-bond donors (Lipinski definition) is 3. The van der Waals surface area contributed by atoms with Gasteiger partial charge in [0, 0.05) is 6.42 Å². The molecule has 14 atom stereocenters. The van der Waals surface area contributed by atoms with Gasteiger partial charge in [0.1, 0.15) is 31.0 Å². The molecular weight excluding hydrogens is 809 g/mol. The lowest BCUT2D eigenvalue weighted by atomic mass is 9.47. The number of fused-ring (bicyclic) bond motifs is 5. The zero-order valence-electron chi connectivity index (χ0n) is 42.4. The average molecular weight is 905 g/mol. The van der Waals surface area contributed by atoms with Crippen LogP contribution < -0.4 is 0 Å². The molecule has 0 spiro atoms. The van der Waals surface area contributed by atoms with Gasteiger partial charge in [-0.3, -0.25) is 4.79 Å². The first-order valence-electron chi connectivity index (χ1n) is 27.1. The minimum absolute atomic E-state index is 0.147. The van der Waals surface area contributed by atoms with Crippen molar-refractivity contribution in [2.24, 2.45) is 52.3 Å². The molecule has 1 saturated heterocycles. The third kappa shape index (κ3) is 15.2. The van der Waals surface area contributed by atoms with Crippen molar-refractivity contribution < 1.29 is 34.3 Å². The van der Waals surface area contributed by atoms with Crippen LogP contribution in [0.3, 0.4) is 0 Å². The standard InChI is InChI=1S/C58H96O7/c1-8-9-10-11-12-13-14-15-16-17-18-19-20-21-22-23-24-25-26-27-28-29-52(59)63-41-51-53(60)54(61)55(62)56(65-51)64-46-36-38-57(6)45(40-46)32-33-47-49-35-34-48(58(49,7)39-37-50(47)57)44(5)31-30-43(4)42(2)3/h9-10,12-13,15-16,18-19,32,42-44,46-51,53-56,60-62H,8,11,14,17,20-31,33-41H2,1-7H3/b10-9-,13-12-,16-15-,19-18-. The van der Waals surface area contributed by atoms with E-state index in [9.17, 15) is 20.1 Å². The Hall–Kier alpha value is -2.03. The van der Waals surface area contributed by atoms with Crippen LogP contribution in [-0.2, 0) is 19.0 Å². The molecule has 7 heteroatoms. The molecule has 4 fully saturated rings. The summed E-state index contributed by atoms with van der Waals surface area (Å²) in [6, 6.07) is 0. The predicted octanol–water partition coefficient (Wildman–Crippen LogP) is 13.7. The summed E-state index contributed by atoms with van der Waals surface area (Å²) >= 11 is 0. The molecule has 0 aromatic carbocycles. The Kier molecular flexibility index (Phi) is 22.6. The number of aliphatic hydroxyl groups excluding tert-OH is 3. The van der Waals surface area contributed by atoms with Crippen molar-refractivity contribution in [3.8, 4) is 0 Å². The fourth-order valence-corrected chi connectivity index (χ4v) is 13.1. The Morgan fingerprint density at radius 3 is 2.08 bits per heavy atom. The highest BCUT2D eigenvalue weighted by Gasteiger charge is 2.59. The van der Waals surface area contributed by atoms with Gasteiger partial charge in [-0.1, -0.05) is 160 Å². The summed E-state index contributed by atoms with van der Waals surface area (Å²) in [5.74, 6) is 5.13. The predicted molar refractivity (Wildman–Crippen MR) is 267 cm³/mol. The van der Waals surface area contributed by atoms with E-state index in [4.69, 9.17) is 14.2 Å². The minimum atomic E-state index is -1.45. The molecule has 1 aliphatic heterocycles. The van der Waals surface area contributed by atoms with Crippen LogP contribution in [0.25, 0.3) is 0 Å². The van der Waals surface area contributed by atoms with Crippen LogP contribution >= 0.6 is 0 Å². The minimum Gasteiger partial charge on any atom is -0.463 e. The zero-order chi connectivity index (χ0) is 46.8. The maximum atomic E-state index is 12.7. The quantitative estimate of drug-likeness (QED) is 0.0428. The molecule has 7 nitrogen and oxygen atoms in total. The van der Waals surface area contributed by atoms with Gasteiger partial charge in [-0.25, -0.2) is 0 Å². The molecule has 0 bridgehead atoms. The summed E-state index contributed by atoms with van der Waals surface area (Å²) in [5, 5.41) is 32.6. The molecule has 370 valence electrons. The highest BCUT2D eigenvalue weighted by atomic mass is 16.7. The van der Waals surface area contributed by atoms with Crippen LogP contribution in [0.15, 0.2) is 60.3 Å². The van der Waals surface area contributed by atoms with Crippen LogP contribution in [0, 0.1) is 52.3 Å². The van der Waals surface area contributed by atoms with Crippen molar-refractivity contribution in [2.45, 2.75) is 239 Å². The molecule has 0 radical (unpaired) electrons. The second kappa shape index (κ2) is 27.2. The molecule has 0 aromatic heterocycles. The molecule has 0 amide bonds. The van der Waals surface area contributed by atoms with E-state index < -0.39 is 30.7 Å². The maximum Gasteiger partial charge on any atom is 0.305 e. The van der Waals surface area contributed by atoms with Crippen molar-refractivity contribution in [1.82, 2.24) is 0 Å². The van der Waals surface area contributed by atoms with E-state index in [-0.39, 0.29) is 24.1 Å².